The number of hydrogen-bond donors (Lipinski definition) is 2. The number of thioether (sulfide) groups is 1. The standard InChI is InChI=1S/C23H22F3N3OS/c24-23(25,26)15-29-20(30)22(11-5-6-14-31-21-27-12-13-28-21)18-9-3-1-7-16(18)17-8-2-4-10-19(17)22/h1-4,7-10,12-13H,5-6,11,14-15H2,(H,27,28)(H,29,30). The molecule has 0 aliphatic heterocycles. The topological polar surface area (TPSA) is 57.8 Å². The fourth-order valence-electron chi connectivity index (χ4n) is 4.28. The number of carbonyl (C=O) groups excluding carboxylic acids is 1. The van der Waals surface area contributed by atoms with Gasteiger partial charge in [-0.25, -0.2) is 4.98 Å². The van der Waals surface area contributed by atoms with Crippen LogP contribution in [0.3, 0.4) is 0 Å². The van der Waals surface area contributed by atoms with Crippen molar-refractivity contribution in [2.24, 2.45) is 0 Å². The Morgan fingerprint density at radius 2 is 1.68 bits per heavy atom. The molecule has 31 heavy (non-hydrogen) atoms. The average molecular weight is 446 g/mol. The number of benzene rings is 2. The van der Waals surface area contributed by atoms with E-state index in [2.05, 4.69) is 15.3 Å². The summed E-state index contributed by atoms with van der Waals surface area (Å²) in [5, 5.41) is 2.99. The van der Waals surface area contributed by atoms with Gasteiger partial charge in [-0.15, -0.1) is 0 Å². The molecule has 0 unspecified atom stereocenters. The minimum atomic E-state index is -4.46. The molecule has 1 amide bonds. The highest BCUT2D eigenvalue weighted by Gasteiger charge is 2.49. The summed E-state index contributed by atoms with van der Waals surface area (Å²) in [5.41, 5.74) is 2.23. The highest BCUT2D eigenvalue weighted by molar-refractivity contribution is 7.99. The molecule has 1 aromatic heterocycles. The molecule has 0 atom stereocenters. The highest BCUT2D eigenvalue weighted by Crippen LogP contribution is 2.51. The Morgan fingerprint density at radius 3 is 2.26 bits per heavy atom. The van der Waals surface area contributed by atoms with Crippen molar-refractivity contribution in [3.63, 3.8) is 0 Å². The SMILES string of the molecule is O=C(NCC(F)(F)F)C1(CCCCSc2ncc[nH]2)c2ccccc2-c2ccccc21. The number of aromatic nitrogens is 2. The third kappa shape index (κ3) is 4.35. The molecule has 2 aromatic carbocycles. The molecule has 0 fully saturated rings. The number of amides is 1. The van der Waals surface area contributed by atoms with E-state index >= 15 is 0 Å². The molecule has 2 N–H and O–H groups in total. The molecule has 4 nitrogen and oxygen atoms in total. The molecule has 1 aliphatic rings. The number of rotatable bonds is 8. The molecule has 0 bridgehead atoms. The van der Waals surface area contributed by atoms with E-state index in [1.165, 1.54) is 0 Å². The number of imidazole rings is 1. The normalized spacial score (nSPS) is 14.2. The summed E-state index contributed by atoms with van der Waals surface area (Å²) in [6, 6.07) is 15.0. The second kappa shape index (κ2) is 8.78. The molecular weight excluding hydrogens is 423 g/mol. The fraction of sp³-hybridized carbons (Fsp3) is 0.304. The summed E-state index contributed by atoms with van der Waals surface area (Å²) in [7, 11) is 0. The summed E-state index contributed by atoms with van der Waals surface area (Å²) >= 11 is 1.59. The van der Waals surface area contributed by atoms with Gasteiger partial charge in [0.2, 0.25) is 5.91 Å². The second-order valence-electron chi connectivity index (χ2n) is 7.49. The Labute approximate surface area is 182 Å². The number of H-pyrrole nitrogens is 1. The van der Waals surface area contributed by atoms with E-state index in [4.69, 9.17) is 0 Å². The van der Waals surface area contributed by atoms with Crippen molar-refractivity contribution in [1.82, 2.24) is 15.3 Å². The van der Waals surface area contributed by atoms with Crippen molar-refractivity contribution in [1.29, 1.82) is 0 Å². The number of halogens is 3. The smallest absolute Gasteiger partial charge is 0.346 e. The van der Waals surface area contributed by atoms with Crippen molar-refractivity contribution in [3.8, 4) is 11.1 Å². The lowest BCUT2D eigenvalue weighted by Gasteiger charge is -2.31. The van der Waals surface area contributed by atoms with Crippen molar-refractivity contribution in [2.75, 3.05) is 12.3 Å². The first-order chi connectivity index (χ1) is 14.9. The largest absolute Gasteiger partial charge is 0.405 e. The third-order valence-corrected chi connectivity index (χ3v) is 6.55. The molecule has 0 saturated carbocycles. The Kier molecular flexibility index (Phi) is 6.09. The van der Waals surface area contributed by atoms with Crippen LogP contribution in [0.15, 0.2) is 66.1 Å². The zero-order valence-corrected chi connectivity index (χ0v) is 17.5. The van der Waals surface area contributed by atoms with Gasteiger partial charge in [0.25, 0.3) is 0 Å². The van der Waals surface area contributed by atoms with Gasteiger partial charge in [-0.1, -0.05) is 66.7 Å². The van der Waals surface area contributed by atoms with Crippen LogP contribution in [-0.2, 0) is 10.2 Å². The fourth-order valence-corrected chi connectivity index (χ4v) is 5.10. The molecule has 0 saturated heterocycles. The molecule has 0 radical (unpaired) electrons. The summed E-state index contributed by atoms with van der Waals surface area (Å²) in [6.07, 6.45) is 0.917. The minimum Gasteiger partial charge on any atom is -0.346 e. The monoisotopic (exact) mass is 445 g/mol. The Bertz CT molecular complexity index is 1000. The first-order valence-corrected chi connectivity index (χ1v) is 11.1. The lowest BCUT2D eigenvalue weighted by atomic mass is 9.73. The zero-order chi connectivity index (χ0) is 21.9. The van der Waals surface area contributed by atoms with Crippen LogP contribution < -0.4 is 5.32 Å². The molecule has 8 heteroatoms. The van der Waals surface area contributed by atoms with Gasteiger partial charge >= 0.3 is 6.18 Å². The van der Waals surface area contributed by atoms with Crippen LogP contribution >= 0.6 is 11.8 Å². The Balaban J connectivity index is 1.61. The van der Waals surface area contributed by atoms with Gasteiger partial charge in [0.15, 0.2) is 5.16 Å². The van der Waals surface area contributed by atoms with Crippen molar-refractivity contribution in [3.05, 3.63) is 72.1 Å². The van der Waals surface area contributed by atoms with E-state index in [9.17, 15) is 18.0 Å². The van der Waals surface area contributed by atoms with Gasteiger partial charge in [-0.05, 0) is 35.1 Å². The van der Waals surface area contributed by atoms with E-state index < -0.39 is 24.0 Å². The first-order valence-electron chi connectivity index (χ1n) is 10.1. The number of unbranched alkanes of at least 4 members (excludes halogenated alkanes) is 1. The Morgan fingerprint density at radius 1 is 1.03 bits per heavy atom. The number of fused-ring (bicyclic) bond motifs is 3. The average Bonchev–Trinajstić information content (AvgIpc) is 3.37. The van der Waals surface area contributed by atoms with Gasteiger partial charge in [-0.3, -0.25) is 4.79 Å². The maximum absolute atomic E-state index is 13.4. The number of nitrogens with one attached hydrogen (secondary N) is 2. The molecule has 1 aliphatic carbocycles. The van der Waals surface area contributed by atoms with Crippen LogP contribution in [-0.4, -0.2) is 34.3 Å². The summed E-state index contributed by atoms with van der Waals surface area (Å²) in [5.74, 6) is 0.206. The van der Waals surface area contributed by atoms with Gasteiger partial charge in [0.05, 0.1) is 0 Å². The number of nitrogens with zero attached hydrogens (tertiary/aromatic N) is 1. The molecular formula is C23H22F3N3OS. The zero-order valence-electron chi connectivity index (χ0n) is 16.7. The lowest BCUT2D eigenvalue weighted by molar-refractivity contribution is -0.141. The number of alkyl halides is 3. The van der Waals surface area contributed by atoms with Gasteiger partial charge in [0, 0.05) is 18.1 Å². The highest BCUT2D eigenvalue weighted by atomic mass is 32.2. The van der Waals surface area contributed by atoms with Crippen molar-refractivity contribution >= 4 is 17.7 Å². The molecule has 0 spiro atoms. The predicted molar refractivity (Wildman–Crippen MR) is 115 cm³/mol. The van der Waals surface area contributed by atoms with Crippen LogP contribution in [0.25, 0.3) is 11.1 Å². The maximum atomic E-state index is 13.4. The summed E-state index contributed by atoms with van der Waals surface area (Å²) < 4.78 is 38.6. The molecule has 162 valence electrons. The molecule has 4 rings (SSSR count). The first kappa shape index (κ1) is 21.5. The van der Waals surface area contributed by atoms with Crippen LogP contribution in [0, 0.1) is 0 Å². The molecule has 1 heterocycles. The van der Waals surface area contributed by atoms with Crippen molar-refractivity contribution in [2.45, 2.75) is 36.0 Å². The number of hydrogen-bond acceptors (Lipinski definition) is 3. The summed E-state index contributed by atoms with van der Waals surface area (Å²) in [4.78, 5) is 20.6. The maximum Gasteiger partial charge on any atom is 0.405 e. The lowest BCUT2D eigenvalue weighted by Crippen LogP contribution is -2.47. The second-order valence-corrected chi connectivity index (χ2v) is 8.58. The molecule has 3 aromatic rings. The van der Waals surface area contributed by atoms with E-state index in [1.807, 2.05) is 48.5 Å². The van der Waals surface area contributed by atoms with Gasteiger partial charge in [-0.2, -0.15) is 13.2 Å². The minimum absolute atomic E-state index is 0.434. The summed E-state index contributed by atoms with van der Waals surface area (Å²) in [6.45, 7) is -1.34. The predicted octanol–water partition coefficient (Wildman–Crippen LogP) is 5.32. The van der Waals surface area contributed by atoms with Gasteiger partial charge < -0.3 is 10.3 Å². The van der Waals surface area contributed by atoms with Crippen molar-refractivity contribution < 1.29 is 18.0 Å². The van der Waals surface area contributed by atoms with Crippen LogP contribution in [0.5, 0.6) is 0 Å². The van der Waals surface area contributed by atoms with Crippen LogP contribution in [0.4, 0.5) is 13.2 Å². The van der Waals surface area contributed by atoms with Crippen LogP contribution in [0.2, 0.25) is 0 Å². The van der Waals surface area contributed by atoms with E-state index in [-0.39, 0.29) is 0 Å². The number of carbonyl (C=O) groups is 1. The van der Waals surface area contributed by atoms with Gasteiger partial charge in [0.1, 0.15) is 12.0 Å². The third-order valence-electron chi connectivity index (χ3n) is 5.56. The van der Waals surface area contributed by atoms with Crippen LogP contribution in [0.1, 0.15) is 30.4 Å². The quantitative estimate of drug-likeness (QED) is 0.365. The Hall–Kier alpha value is -2.74. The van der Waals surface area contributed by atoms with E-state index in [0.717, 1.165) is 39.6 Å². The number of aromatic amines is 1. The van der Waals surface area contributed by atoms with E-state index in [0.29, 0.717) is 12.8 Å². The van der Waals surface area contributed by atoms with E-state index in [1.54, 1.807) is 24.2 Å².